The van der Waals surface area contributed by atoms with Crippen LogP contribution in [0, 0.1) is 0 Å². The predicted octanol–water partition coefficient (Wildman–Crippen LogP) is -1.13. The number of hydrogen-bond donors (Lipinski definition) is 4. The van der Waals surface area contributed by atoms with Crippen molar-refractivity contribution in [2.75, 3.05) is 6.50 Å². The topological polar surface area (TPSA) is 128 Å². The molecule has 0 amide bonds. The number of aliphatic carboxylic acids is 1. The standard InChI is InChI=1S/C6H14N4O2.ClH/c7-4(5(11)12)2-1-3-10-6(8)9;/h4H,1-3,7H2,(H,11,12)(H4,8,9,10);1H/t4-;/m0./s1/i1D2,2D2,3D2,4D;. The van der Waals surface area contributed by atoms with E-state index < -0.39 is 37.2 Å². The average Bonchev–Trinajstić information content (AvgIpc) is 2.14. The summed E-state index contributed by atoms with van der Waals surface area (Å²) in [7, 11) is 0. The number of aliphatic imine (C=N–C) groups is 1. The van der Waals surface area contributed by atoms with Crippen molar-refractivity contribution in [3.05, 3.63) is 0 Å². The van der Waals surface area contributed by atoms with Crippen LogP contribution in [-0.4, -0.2) is 29.6 Å². The van der Waals surface area contributed by atoms with Gasteiger partial charge in [-0.15, -0.1) is 12.4 Å². The Bertz CT molecular complexity index is 410. The molecular weight excluding hydrogens is 196 g/mol. The van der Waals surface area contributed by atoms with Crippen LogP contribution in [0.15, 0.2) is 4.99 Å². The highest BCUT2D eigenvalue weighted by Gasteiger charge is 2.09. The van der Waals surface area contributed by atoms with Gasteiger partial charge >= 0.3 is 5.97 Å². The highest BCUT2D eigenvalue weighted by Crippen LogP contribution is 1.94. The van der Waals surface area contributed by atoms with E-state index in [-0.39, 0.29) is 12.4 Å². The number of nitrogens with zero attached hydrogens (tertiary/aromatic N) is 1. The molecule has 0 aromatic rings. The Balaban J connectivity index is 0. The van der Waals surface area contributed by atoms with E-state index >= 15 is 0 Å². The largest absolute Gasteiger partial charge is 0.480 e. The lowest BCUT2D eigenvalue weighted by atomic mass is 10.2. The normalized spacial score (nSPS) is 24.8. The van der Waals surface area contributed by atoms with Gasteiger partial charge in [-0.05, 0) is 12.7 Å². The van der Waals surface area contributed by atoms with Crippen molar-refractivity contribution in [1.29, 1.82) is 0 Å². The Morgan fingerprint density at radius 2 is 2.23 bits per heavy atom. The molecule has 13 heavy (non-hydrogen) atoms. The van der Waals surface area contributed by atoms with Crippen LogP contribution in [0.4, 0.5) is 0 Å². The lowest BCUT2D eigenvalue weighted by molar-refractivity contribution is -0.138. The fourth-order valence-electron chi connectivity index (χ4n) is 0.241. The van der Waals surface area contributed by atoms with Gasteiger partial charge in [0.05, 0.1) is 4.11 Å². The first kappa shape index (κ1) is 5.02. The van der Waals surface area contributed by atoms with E-state index in [1.807, 2.05) is 0 Å². The smallest absolute Gasteiger partial charge is 0.320 e. The number of carboxylic acid groups (broad SMARTS) is 1. The Kier molecular flexibility index (Phi) is 2.94. The Hall–Kier alpha value is -1.01. The third-order valence-electron chi connectivity index (χ3n) is 0.668. The minimum atomic E-state index is -3.63. The molecule has 6 nitrogen and oxygen atoms in total. The molecule has 0 saturated heterocycles. The lowest BCUT2D eigenvalue weighted by Gasteiger charge is -2.03. The van der Waals surface area contributed by atoms with Gasteiger partial charge in [0.1, 0.15) is 6.02 Å². The number of carboxylic acids is 1. The second kappa shape index (κ2) is 7.63. The summed E-state index contributed by atoms with van der Waals surface area (Å²) in [5.74, 6) is -3.03. The maximum absolute atomic E-state index is 10.7. The summed E-state index contributed by atoms with van der Waals surface area (Å²) in [5, 5.41) is 8.66. The van der Waals surface area contributed by atoms with Crippen LogP contribution in [0.25, 0.3) is 0 Å². The number of carbonyl (C=O) groups is 1. The van der Waals surface area contributed by atoms with E-state index in [4.69, 9.17) is 31.9 Å². The third kappa shape index (κ3) is 8.90. The Labute approximate surface area is 92.4 Å². The molecule has 0 aromatic heterocycles. The van der Waals surface area contributed by atoms with E-state index in [0.29, 0.717) is 0 Å². The number of nitrogens with two attached hydrogens (primary N) is 3. The second-order valence-electron chi connectivity index (χ2n) is 1.62. The van der Waals surface area contributed by atoms with Crippen molar-refractivity contribution in [1.82, 2.24) is 0 Å². The molecule has 0 aliphatic heterocycles. The maximum atomic E-state index is 10.7. The highest BCUT2D eigenvalue weighted by molar-refractivity contribution is 5.85. The van der Waals surface area contributed by atoms with Gasteiger partial charge in [0, 0.05) is 12.0 Å². The van der Waals surface area contributed by atoms with Gasteiger partial charge in [0.2, 0.25) is 0 Å². The summed E-state index contributed by atoms with van der Waals surface area (Å²) in [4.78, 5) is 13.6. The molecule has 0 bridgehead atoms. The number of rotatable bonds is 5. The lowest BCUT2D eigenvalue weighted by Crippen LogP contribution is -2.30. The Morgan fingerprint density at radius 3 is 2.62 bits per heavy atom. The zero-order chi connectivity index (χ0) is 15.9. The molecule has 1 atom stereocenters. The third-order valence-corrected chi connectivity index (χ3v) is 0.668. The van der Waals surface area contributed by atoms with Crippen molar-refractivity contribution in [2.45, 2.75) is 18.8 Å². The molecule has 0 rings (SSSR count). The molecule has 0 heterocycles. The zero-order valence-corrected chi connectivity index (χ0v) is 7.26. The summed E-state index contributed by atoms with van der Waals surface area (Å²) in [6, 6.07) is -3.44. The predicted molar refractivity (Wildman–Crippen MR) is 52.8 cm³/mol. The van der Waals surface area contributed by atoms with Crippen molar-refractivity contribution in [3.63, 3.8) is 0 Å². The summed E-state index contributed by atoms with van der Waals surface area (Å²) >= 11 is 0. The van der Waals surface area contributed by atoms with E-state index in [2.05, 4.69) is 4.99 Å². The van der Waals surface area contributed by atoms with Gasteiger partial charge in [-0.25, -0.2) is 0 Å². The fourth-order valence-corrected chi connectivity index (χ4v) is 0.241. The molecular formula is C6H15ClN4O2. The van der Waals surface area contributed by atoms with Gasteiger partial charge in [-0.1, -0.05) is 0 Å². The SMILES string of the molecule is Cl.[2H]C([2H])(N=C(N)N)C([2H])([2H])C([2H])([2H])[C@]([2H])(N)C(=O)O. The quantitative estimate of drug-likeness (QED) is 0.342. The van der Waals surface area contributed by atoms with E-state index in [1.54, 1.807) is 0 Å². The highest BCUT2D eigenvalue weighted by atomic mass is 35.5. The molecule has 0 saturated carbocycles. The van der Waals surface area contributed by atoms with E-state index in [9.17, 15) is 4.79 Å². The minimum absolute atomic E-state index is 0. The number of halogens is 1. The van der Waals surface area contributed by atoms with Gasteiger partial charge in [0.15, 0.2) is 5.96 Å². The molecule has 7 N–H and O–H groups in total. The van der Waals surface area contributed by atoms with Crippen LogP contribution in [-0.2, 0) is 4.79 Å². The van der Waals surface area contributed by atoms with Crippen molar-refractivity contribution in [2.24, 2.45) is 22.2 Å². The minimum Gasteiger partial charge on any atom is -0.480 e. The van der Waals surface area contributed by atoms with Gasteiger partial charge < -0.3 is 22.3 Å². The van der Waals surface area contributed by atoms with Crippen LogP contribution >= 0.6 is 12.4 Å². The molecule has 7 heteroatoms. The number of guanidine groups is 1. The zero-order valence-electron chi connectivity index (χ0n) is 13.4. The van der Waals surface area contributed by atoms with Crippen LogP contribution < -0.4 is 17.2 Å². The van der Waals surface area contributed by atoms with E-state index in [1.165, 1.54) is 0 Å². The first-order valence-corrected chi connectivity index (χ1v) is 2.74. The molecule has 0 fully saturated rings. The first-order chi connectivity index (χ1) is 8.11. The summed E-state index contributed by atoms with van der Waals surface area (Å²) in [6.45, 7) is -3.32. The van der Waals surface area contributed by atoms with Crippen LogP contribution in [0.2, 0.25) is 0 Å². The average molecular weight is 218 g/mol. The molecule has 0 unspecified atom stereocenters. The molecule has 0 aliphatic rings. The van der Waals surface area contributed by atoms with Gasteiger partial charge in [-0.3, -0.25) is 9.79 Å². The fraction of sp³-hybridized carbons (Fsp3) is 0.667. The monoisotopic (exact) mass is 217 g/mol. The molecule has 0 spiro atoms. The maximum Gasteiger partial charge on any atom is 0.320 e. The van der Waals surface area contributed by atoms with Crippen molar-refractivity contribution < 1.29 is 19.5 Å². The van der Waals surface area contributed by atoms with E-state index in [0.717, 1.165) is 0 Å². The van der Waals surface area contributed by atoms with Gasteiger partial charge in [-0.2, -0.15) is 0 Å². The molecule has 0 aliphatic carbocycles. The molecule has 0 aromatic carbocycles. The molecule has 0 radical (unpaired) electrons. The Morgan fingerprint density at radius 1 is 1.69 bits per heavy atom. The number of hydrogen-bond acceptors (Lipinski definition) is 3. The second-order valence-corrected chi connectivity index (χ2v) is 1.62. The summed E-state index contributed by atoms with van der Waals surface area (Å²) in [6.07, 6.45) is -7.22. The summed E-state index contributed by atoms with van der Waals surface area (Å²) in [5.41, 5.74) is 14.7. The molecule has 78 valence electrons. The van der Waals surface area contributed by atoms with Crippen LogP contribution in [0.3, 0.4) is 0 Å². The summed E-state index contributed by atoms with van der Waals surface area (Å²) < 4.78 is 51.4. The first-order valence-electron chi connectivity index (χ1n) is 6.24. The van der Waals surface area contributed by atoms with Crippen LogP contribution in [0.5, 0.6) is 0 Å². The van der Waals surface area contributed by atoms with Gasteiger partial charge in [0.25, 0.3) is 0 Å². The van der Waals surface area contributed by atoms with Crippen molar-refractivity contribution >= 4 is 24.3 Å². The van der Waals surface area contributed by atoms with Crippen LogP contribution in [0.1, 0.15) is 22.3 Å². The van der Waals surface area contributed by atoms with Crippen molar-refractivity contribution in [3.8, 4) is 0 Å².